The number of nitrogens with zero attached hydrogens (tertiary/aromatic N) is 2. The van der Waals surface area contributed by atoms with Crippen molar-refractivity contribution in [2.75, 3.05) is 0 Å². The van der Waals surface area contributed by atoms with Crippen LogP contribution in [0.1, 0.15) is 0 Å². The maximum absolute atomic E-state index is 3.12. The lowest BCUT2D eigenvalue weighted by Crippen LogP contribution is -1.99. The van der Waals surface area contributed by atoms with Crippen LogP contribution in [0.4, 0.5) is 0 Å². The average molecular weight is 533 g/mol. The van der Waals surface area contributed by atoms with E-state index in [-0.39, 0.29) is 0 Å². The number of hydrogen-bond acceptors (Lipinski definition) is 0. The predicted molar refractivity (Wildman–Crippen MR) is 176 cm³/mol. The molecule has 2 aromatic heterocycles. The zero-order chi connectivity index (χ0) is 27.6. The summed E-state index contributed by atoms with van der Waals surface area (Å²) in [7, 11) is 0. The third-order valence-corrected chi connectivity index (χ3v) is 8.55. The predicted octanol–water partition coefficient (Wildman–Crippen LogP) is 10.3. The van der Waals surface area contributed by atoms with Crippen molar-refractivity contribution >= 4 is 54.4 Å². The Morgan fingerprint density at radius 1 is 0.405 bits per heavy atom. The summed E-state index contributed by atoms with van der Waals surface area (Å²) >= 11 is 0. The van der Waals surface area contributed by atoms with Crippen LogP contribution >= 0.6 is 0 Å². The van der Waals surface area contributed by atoms with E-state index in [9.17, 15) is 0 Å². The van der Waals surface area contributed by atoms with Crippen LogP contribution in [0.5, 0.6) is 0 Å². The summed E-state index contributed by atoms with van der Waals surface area (Å²) in [5, 5.41) is 7.48. The molecule has 0 fully saturated rings. The van der Waals surface area contributed by atoms with Crippen molar-refractivity contribution in [1.29, 1.82) is 0 Å². The first-order valence-corrected chi connectivity index (χ1v) is 14.3. The summed E-state index contributed by atoms with van der Waals surface area (Å²) in [6.07, 6.45) is 0. The second kappa shape index (κ2) is 8.86. The highest BCUT2D eigenvalue weighted by Crippen LogP contribution is 2.42. The first kappa shape index (κ1) is 23.0. The first-order chi connectivity index (χ1) is 20.8. The van der Waals surface area contributed by atoms with Gasteiger partial charge in [-0.05, 0) is 76.5 Å². The van der Waals surface area contributed by atoms with Crippen molar-refractivity contribution in [3.8, 4) is 22.5 Å². The molecular weight excluding hydrogens is 508 g/mol. The molecule has 42 heavy (non-hydrogen) atoms. The van der Waals surface area contributed by atoms with Crippen LogP contribution in [0, 0.1) is 12.1 Å². The van der Waals surface area contributed by atoms with Gasteiger partial charge >= 0.3 is 0 Å². The summed E-state index contributed by atoms with van der Waals surface area (Å²) < 4.78 is 4.91. The molecule has 9 rings (SSSR count). The van der Waals surface area contributed by atoms with Crippen molar-refractivity contribution in [3.05, 3.63) is 158 Å². The molecule has 0 N–H and O–H groups in total. The molecule has 0 bridgehead atoms. The molecule has 0 atom stereocenters. The zero-order valence-corrected chi connectivity index (χ0v) is 22.8. The van der Waals surface area contributed by atoms with Gasteiger partial charge in [0.05, 0.1) is 22.1 Å². The highest BCUT2D eigenvalue weighted by molar-refractivity contribution is 6.23. The van der Waals surface area contributed by atoms with Gasteiger partial charge < -0.3 is 9.13 Å². The molecule has 0 aliphatic carbocycles. The number of rotatable bonds is 3. The fraction of sp³-hybridized carbons (Fsp3) is 0. The molecule has 9 aromatic rings. The summed E-state index contributed by atoms with van der Waals surface area (Å²) in [4.78, 5) is 0. The lowest BCUT2D eigenvalue weighted by molar-refractivity contribution is 1.15. The Morgan fingerprint density at radius 3 is 1.74 bits per heavy atom. The van der Waals surface area contributed by atoms with Crippen molar-refractivity contribution in [3.63, 3.8) is 0 Å². The van der Waals surface area contributed by atoms with Crippen LogP contribution in [0.2, 0.25) is 0 Å². The Labute approximate surface area is 243 Å². The summed E-state index contributed by atoms with van der Waals surface area (Å²) in [6.45, 7) is 0. The topological polar surface area (TPSA) is 9.86 Å². The molecule has 0 amide bonds. The van der Waals surface area contributed by atoms with E-state index in [1.807, 2.05) is 12.1 Å². The number of benzene rings is 6. The number of aromatic nitrogens is 2. The largest absolute Gasteiger partial charge is 0.307 e. The highest BCUT2D eigenvalue weighted by Gasteiger charge is 2.21. The summed E-state index contributed by atoms with van der Waals surface area (Å²) in [6, 6.07) is 58.5. The van der Waals surface area contributed by atoms with E-state index in [4.69, 9.17) is 0 Å². The standard InChI is InChI=1S/C40H24N2/c1-2-11-27(12-3-1)30-15-10-16-31(25-30)41-37-19-8-6-17-33(37)35-23-24-36-34-18-7-9-20-38(34)42(40(36)39(35)41)32-22-21-28-13-4-5-14-29(28)26-32/h2,4-26H. The van der Waals surface area contributed by atoms with Crippen LogP contribution in [0.25, 0.3) is 76.9 Å². The lowest BCUT2D eigenvalue weighted by atomic mass is 10.1. The van der Waals surface area contributed by atoms with E-state index >= 15 is 0 Å². The Bertz CT molecular complexity index is 2460. The third kappa shape index (κ3) is 3.28. The van der Waals surface area contributed by atoms with Crippen molar-refractivity contribution in [2.45, 2.75) is 0 Å². The summed E-state index contributed by atoms with van der Waals surface area (Å²) in [5.74, 6) is 0. The fourth-order valence-corrected chi connectivity index (χ4v) is 6.70. The zero-order valence-electron chi connectivity index (χ0n) is 22.8. The Balaban J connectivity index is 1.46. The molecule has 0 unspecified atom stereocenters. The highest BCUT2D eigenvalue weighted by atomic mass is 15.0. The molecule has 194 valence electrons. The number of para-hydroxylation sites is 2. The van der Waals surface area contributed by atoms with Gasteiger partial charge in [-0.25, -0.2) is 0 Å². The van der Waals surface area contributed by atoms with Gasteiger partial charge in [0, 0.05) is 32.9 Å². The van der Waals surface area contributed by atoms with Crippen LogP contribution < -0.4 is 0 Å². The van der Waals surface area contributed by atoms with E-state index in [1.165, 1.54) is 54.4 Å². The molecule has 0 aliphatic rings. The van der Waals surface area contributed by atoms with Crippen LogP contribution in [-0.2, 0) is 0 Å². The minimum atomic E-state index is 1.13. The van der Waals surface area contributed by atoms with Gasteiger partial charge in [-0.2, -0.15) is 0 Å². The van der Waals surface area contributed by atoms with Gasteiger partial charge in [-0.3, -0.25) is 0 Å². The maximum Gasteiger partial charge on any atom is 0.0788 e. The molecule has 2 nitrogen and oxygen atoms in total. The molecule has 0 aliphatic heterocycles. The third-order valence-electron chi connectivity index (χ3n) is 8.55. The first-order valence-electron chi connectivity index (χ1n) is 14.3. The number of hydrogen-bond donors (Lipinski definition) is 0. The average Bonchev–Trinajstić information content (AvgIpc) is 3.58. The molecule has 7 aromatic carbocycles. The van der Waals surface area contributed by atoms with E-state index < -0.39 is 0 Å². The van der Waals surface area contributed by atoms with Crippen molar-refractivity contribution in [2.24, 2.45) is 0 Å². The lowest BCUT2D eigenvalue weighted by Gasteiger charge is -2.14. The van der Waals surface area contributed by atoms with Gasteiger partial charge in [0.2, 0.25) is 0 Å². The quantitative estimate of drug-likeness (QED) is 0.214. The molecular formula is C40H24N2. The SMILES string of the molecule is c1ccc(-c2cccc(-n3c4ccccc4c4ccc5c6ccccc6n(-c6ccc7ccccc7c6)c5c43)c2)cc#1. The maximum atomic E-state index is 3.12. The smallest absolute Gasteiger partial charge is 0.0788 e. The van der Waals surface area contributed by atoms with E-state index in [0.29, 0.717) is 0 Å². The van der Waals surface area contributed by atoms with Gasteiger partial charge in [0.1, 0.15) is 0 Å². The summed E-state index contributed by atoms with van der Waals surface area (Å²) in [5.41, 5.74) is 9.41. The molecule has 0 radical (unpaired) electrons. The van der Waals surface area contributed by atoms with Crippen molar-refractivity contribution in [1.82, 2.24) is 9.13 Å². The van der Waals surface area contributed by atoms with E-state index in [2.05, 4.69) is 155 Å². The van der Waals surface area contributed by atoms with E-state index in [0.717, 1.165) is 22.5 Å². The molecule has 0 saturated carbocycles. The normalized spacial score (nSPS) is 11.6. The Hall–Kier alpha value is -5.78. The van der Waals surface area contributed by atoms with Crippen LogP contribution in [-0.4, -0.2) is 9.13 Å². The van der Waals surface area contributed by atoms with Crippen molar-refractivity contribution < 1.29 is 0 Å². The second-order valence-electron chi connectivity index (χ2n) is 10.9. The van der Waals surface area contributed by atoms with Gasteiger partial charge in [-0.1, -0.05) is 103 Å². The van der Waals surface area contributed by atoms with E-state index in [1.54, 1.807) is 0 Å². The second-order valence-corrected chi connectivity index (χ2v) is 10.9. The van der Waals surface area contributed by atoms with Crippen LogP contribution in [0.3, 0.4) is 0 Å². The fourth-order valence-electron chi connectivity index (χ4n) is 6.70. The molecule has 0 spiro atoms. The minimum Gasteiger partial charge on any atom is -0.307 e. The molecule has 2 heteroatoms. The molecule has 2 heterocycles. The van der Waals surface area contributed by atoms with Gasteiger partial charge in [0.25, 0.3) is 0 Å². The Morgan fingerprint density at radius 2 is 1.05 bits per heavy atom. The number of fused-ring (bicyclic) bond motifs is 8. The van der Waals surface area contributed by atoms with Gasteiger partial charge in [-0.15, -0.1) is 0 Å². The monoisotopic (exact) mass is 532 g/mol. The minimum absolute atomic E-state index is 1.13. The van der Waals surface area contributed by atoms with Crippen LogP contribution in [0.15, 0.2) is 146 Å². The Kier molecular flexibility index (Phi) is 4.85. The van der Waals surface area contributed by atoms with Gasteiger partial charge in [0.15, 0.2) is 0 Å². The molecule has 0 saturated heterocycles.